The molecule has 1 atom stereocenters. The molecule has 0 aliphatic carbocycles. The highest BCUT2D eigenvalue weighted by molar-refractivity contribution is 7.92. The van der Waals surface area contributed by atoms with Crippen LogP contribution in [0.4, 0.5) is 5.69 Å². The van der Waals surface area contributed by atoms with E-state index in [1.807, 2.05) is 50.2 Å². The summed E-state index contributed by atoms with van der Waals surface area (Å²) in [6.45, 7) is 8.80. The summed E-state index contributed by atoms with van der Waals surface area (Å²) in [7, 11) is -3.50. The highest BCUT2D eigenvalue weighted by atomic mass is 32.2. The monoisotopic (exact) mass is 501 g/mol. The molecule has 0 heterocycles. The summed E-state index contributed by atoms with van der Waals surface area (Å²) >= 11 is 0. The smallest absolute Gasteiger partial charge is 0.242 e. The topological polar surface area (TPSA) is 86.8 Å². The van der Waals surface area contributed by atoms with Crippen LogP contribution in [0.15, 0.2) is 48.5 Å². The van der Waals surface area contributed by atoms with E-state index in [0.29, 0.717) is 25.2 Å². The lowest BCUT2D eigenvalue weighted by Crippen LogP contribution is -2.48. The predicted octanol–water partition coefficient (Wildman–Crippen LogP) is 4.18. The first-order valence-electron chi connectivity index (χ1n) is 12.2. The van der Waals surface area contributed by atoms with E-state index in [0.717, 1.165) is 29.5 Å². The van der Waals surface area contributed by atoms with Crippen LogP contribution in [0.25, 0.3) is 0 Å². The Balaban J connectivity index is 2.13. The van der Waals surface area contributed by atoms with E-state index < -0.39 is 16.1 Å². The Bertz CT molecular complexity index is 1080. The number of carbonyl (C=O) groups is 2. The van der Waals surface area contributed by atoms with Crippen LogP contribution in [0.5, 0.6) is 0 Å². The minimum absolute atomic E-state index is 0.135. The van der Waals surface area contributed by atoms with E-state index in [2.05, 4.69) is 12.2 Å². The van der Waals surface area contributed by atoms with Crippen molar-refractivity contribution in [1.29, 1.82) is 0 Å². The zero-order valence-corrected chi connectivity index (χ0v) is 22.4. The third-order valence-electron chi connectivity index (χ3n) is 5.91. The second kappa shape index (κ2) is 13.3. The molecule has 2 aromatic carbocycles. The van der Waals surface area contributed by atoms with Gasteiger partial charge >= 0.3 is 0 Å². The van der Waals surface area contributed by atoms with E-state index in [9.17, 15) is 18.0 Å². The van der Waals surface area contributed by atoms with Gasteiger partial charge in [-0.05, 0) is 51.3 Å². The molecule has 1 N–H and O–H groups in total. The SMILES string of the molecule is CCCCNC(=O)[C@H](C)N(Cc1cccc(C)c1)C(=O)CCCN(c1ccc(C)cc1)S(C)(=O)=O. The van der Waals surface area contributed by atoms with Gasteiger partial charge in [0.2, 0.25) is 21.8 Å². The zero-order valence-electron chi connectivity index (χ0n) is 21.6. The lowest BCUT2D eigenvalue weighted by molar-refractivity contribution is -0.140. The number of unbranched alkanes of at least 4 members (excludes halogenated alkanes) is 1. The number of sulfonamides is 1. The van der Waals surface area contributed by atoms with Crippen LogP contribution in [0.2, 0.25) is 0 Å². The number of benzene rings is 2. The summed E-state index contributed by atoms with van der Waals surface area (Å²) in [4.78, 5) is 27.6. The van der Waals surface area contributed by atoms with Crippen molar-refractivity contribution in [2.24, 2.45) is 0 Å². The van der Waals surface area contributed by atoms with Gasteiger partial charge in [-0.1, -0.05) is 60.9 Å². The van der Waals surface area contributed by atoms with Crippen LogP contribution in [0.1, 0.15) is 56.2 Å². The fraction of sp³-hybridized carbons (Fsp3) is 0.481. The van der Waals surface area contributed by atoms with Crippen LogP contribution in [-0.4, -0.2) is 50.5 Å². The van der Waals surface area contributed by atoms with Gasteiger partial charge in [-0.25, -0.2) is 8.42 Å². The largest absolute Gasteiger partial charge is 0.354 e. The van der Waals surface area contributed by atoms with Crippen molar-refractivity contribution in [3.63, 3.8) is 0 Å². The Labute approximate surface area is 210 Å². The first-order chi connectivity index (χ1) is 16.5. The van der Waals surface area contributed by atoms with Gasteiger partial charge in [-0.3, -0.25) is 13.9 Å². The van der Waals surface area contributed by atoms with E-state index in [-0.39, 0.29) is 24.8 Å². The lowest BCUT2D eigenvalue weighted by Gasteiger charge is -2.29. The van der Waals surface area contributed by atoms with E-state index >= 15 is 0 Å². The molecule has 0 aliphatic heterocycles. The molecule has 0 saturated heterocycles. The van der Waals surface area contributed by atoms with Crippen LogP contribution in [-0.2, 0) is 26.2 Å². The summed E-state index contributed by atoms with van der Waals surface area (Å²) in [6, 6.07) is 14.5. The maximum Gasteiger partial charge on any atom is 0.242 e. The predicted molar refractivity (Wildman–Crippen MR) is 142 cm³/mol. The molecule has 8 heteroatoms. The first-order valence-corrected chi connectivity index (χ1v) is 14.0. The van der Waals surface area contributed by atoms with Crippen molar-refractivity contribution in [2.45, 2.75) is 66.0 Å². The molecular formula is C27H39N3O4S. The maximum absolute atomic E-state index is 13.3. The highest BCUT2D eigenvalue weighted by Gasteiger charge is 2.26. The number of aryl methyl sites for hydroxylation is 2. The van der Waals surface area contributed by atoms with Crippen molar-refractivity contribution in [3.8, 4) is 0 Å². The molecule has 35 heavy (non-hydrogen) atoms. The minimum atomic E-state index is -3.50. The molecule has 2 rings (SSSR count). The van der Waals surface area contributed by atoms with Crippen LogP contribution in [0.3, 0.4) is 0 Å². The molecule has 0 spiro atoms. The average molecular weight is 502 g/mol. The van der Waals surface area contributed by atoms with Crippen LogP contribution >= 0.6 is 0 Å². The number of nitrogens with zero attached hydrogens (tertiary/aromatic N) is 2. The third-order valence-corrected chi connectivity index (χ3v) is 7.10. The standard InChI is InChI=1S/C27H39N3O4S/c1-6-7-17-28-27(32)23(4)29(20-24-11-8-10-22(3)19-24)26(31)12-9-18-30(35(5,33)34)25-15-13-21(2)14-16-25/h8,10-11,13-16,19,23H,6-7,9,12,17-18,20H2,1-5H3,(H,28,32)/t23-/m0/s1. The second-order valence-electron chi connectivity index (χ2n) is 9.11. The van der Waals surface area contributed by atoms with E-state index in [1.165, 1.54) is 10.6 Å². The molecule has 7 nitrogen and oxygen atoms in total. The first kappa shape index (κ1) is 28.4. The Hall–Kier alpha value is -2.87. The highest BCUT2D eigenvalue weighted by Crippen LogP contribution is 2.20. The molecule has 0 aliphatic rings. The van der Waals surface area contributed by atoms with Crippen LogP contribution < -0.4 is 9.62 Å². The van der Waals surface area contributed by atoms with Gasteiger partial charge < -0.3 is 10.2 Å². The number of anilines is 1. The summed E-state index contributed by atoms with van der Waals surface area (Å²) in [5.41, 5.74) is 3.64. The van der Waals surface area contributed by atoms with Gasteiger partial charge in [0.05, 0.1) is 11.9 Å². The third kappa shape index (κ3) is 9.02. The van der Waals surface area contributed by atoms with Gasteiger partial charge in [0, 0.05) is 26.1 Å². The molecule has 0 unspecified atom stereocenters. The fourth-order valence-corrected chi connectivity index (χ4v) is 4.81. The number of carbonyl (C=O) groups excluding carboxylic acids is 2. The Kier molecular flexibility index (Phi) is 10.8. The molecule has 192 valence electrons. The number of amides is 2. The Morgan fingerprint density at radius 2 is 1.69 bits per heavy atom. The van der Waals surface area contributed by atoms with Gasteiger partial charge in [0.1, 0.15) is 6.04 Å². The van der Waals surface area contributed by atoms with Crippen molar-refractivity contribution in [1.82, 2.24) is 10.2 Å². The van der Waals surface area contributed by atoms with Crippen LogP contribution in [0, 0.1) is 13.8 Å². The number of hydrogen-bond donors (Lipinski definition) is 1. The summed E-state index contributed by atoms with van der Waals surface area (Å²) in [6.07, 6.45) is 3.50. The normalized spacial score (nSPS) is 12.1. The summed E-state index contributed by atoms with van der Waals surface area (Å²) in [5.74, 6) is -0.362. The van der Waals surface area contributed by atoms with Gasteiger partial charge in [-0.15, -0.1) is 0 Å². The van der Waals surface area contributed by atoms with Gasteiger partial charge in [-0.2, -0.15) is 0 Å². The molecule has 0 saturated carbocycles. The van der Waals surface area contributed by atoms with Crippen molar-refractivity contribution in [3.05, 3.63) is 65.2 Å². The Morgan fingerprint density at radius 1 is 1.00 bits per heavy atom. The second-order valence-corrected chi connectivity index (χ2v) is 11.0. The number of nitrogens with one attached hydrogen (secondary N) is 1. The van der Waals surface area contributed by atoms with Crippen molar-refractivity contribution in [2.75, 3.05) is 23.7 Å². The van der Waals surface area contributed by atoms with Gasteiger partial charge in [0.15, 0.2) is 0 Å². The van der Waals surface area contributed by atoms with E-state index in [4.69, 9.17) is 0 Å². The van der Waals surface area contributed by atoms with Crippen molar-refractivity contribution < 1.29 is 18.0 Å². The molecule has 2 aromatic rings. The van der Waals surface area contributed by atoms with E-state index in [1.54, 1.807) is 24.0 Å². The molecule has 0 radical (unpaired) electrons. The average Bonchev–Trinajstić information content (AvgIpc) is 2.80. The molecule has 0 aromatic heterocycles. The van der Waals surface area contributed by atoms with Gasteiger partial charge in [0.25, 0.3) is 0 Å². The maximum atomic E-state index is 13.3. The molecule has 0 fully saturated rings. The molecule has 2 amide bonds. The Morgan fingerprint density at radius 3 is 2.29 bits per heavy atom. The van der Waals surface area contributed by atoms with Crippen molar-refractivity contribution >= 4 is 27.5 Å². The number of rotatable bonds is 13. The lowest BCUT2D eigenvalue weighted by atomic mass is 10.1. The number of hydrogen-bond acceptors (Lipinski definition) is 4. The molecule has 0 bridgehead atoms. The summed E-state index contributed by atoms with van der Waals surface area (Å²) in [5, 5.41) is 2.92. The quantitative estimate of drug-likeness (QED) is 0.417. The minimum Gasteiger partial charge on any atom is -0.354 e. The summed E-state index contributed by atoms with van der Waals surface area (Å²) < 4.78 is 26.1. The zero-order chi connectivity index (χ0) is 26.0. The fourth-order valence-electron chi connectivity index (χ4n) is 3.84. The molecular weight excluding hydrogens is 462 g/mol.